The lowest BCUT2D eigenvalue weighted by molar-refractivity contribution is -0.126. The van der Waals surface area contributed by atoms with Gasteiger partial charge in [0, 0.05) is 16.0 Å². The fraction of sp³-hybridized carbons (Fsp3) is 0.471. The van der Waals surface area contributed by atoms with E-state index in [1.807, 2.05) is 31.2 Å². The summed E-state index contributed by atoms with van der Waals surface area (Å²) in [5, 5.41) is 6.98. The average molecular weight is 430 g/mol. The molecule has 1 aliphatic carbocycles. The molecule has 0 spiro atoms. The zero-order valence-electron chi connectivity index (χ0n) is 13.9. The first-order valence-electron chi connectivity index (χ1n) is 8.18. The van der Waals surface area contributed by atoms with Gasteiger partial charge in [0.15, 0.2) is 0 Å². The van der Waals surface area contributed by atoms with Crippen molar-refractivity contribution >= 4 is 34.2 Å². The lowest BCUT2D eigenvalue weighted by atomic mass is 9.95. The van der Waals surface area contributed by atoms with E-state index in [0.717, 1.165) is 29.3 Å². The molecule has 1 fully saturated rings. The first-order chi connectivity index (χ1) is 11.6. The predicted octanol–water partition coefficient (Wildman–Crippen LogP) is 3.47. The Kier molecular flexibility index (Phi) is 6.98. The Morgan fingerprint density at radius 3 is 2.80 bits per heavy atom. The van der Waals surface area contributed by atoms with E-state index in [2.05, 4.69) is 31.4 Å². The summed E-state index contributed by atoms with van der Waals surface area (Å²) in [6, 6.07) is 7.33. The largest absolute Gasteiger partial charge is 0.344 e. The monoisotopic (exact) mass is 428 g/mol. The molecule has 25 heavy (non-hydrogen) atoms. The molecule has 0 aliphatic heterocycles. The van der Waals surface area contributed by atoms with Crippen molar-refractivity contribution in [2.24, 2.45) is 17.6 Å². The molecule has 6 nitrogen and oxygen atoms in total. The van der Waals surface area contributed by atoms with E-state index in [1.54, 1.807) is 0 Å². The van der Waals surface area contributed by atoms with Crippen LogP contribution in [0.5, 0.6) is 0 Å². The zero-order chi connectivity index (χ0) is 17.1. The van der Waals surface area contributed by atoms with E-state index < -0.39 is 0 Å². The number of halogens is 2. The highest BCUT2D eigenvalue weighted by Gasteiger charge is 2.33. The van der Waals surface area contributed by atoms with Crippen LogP contribution in [0.1, 0.15) is 38.1 Å². The van der Waals surface area contributed by atoms with Gasteiger partial charge in [0.1, 0.15) is 6.04 Å². The molecule has 1 aromatic carbocycles. The molecule has 2 aromatic rings. The van der Waals surface area contributed by atoms with Crippen LogP contribution in [0, 0.1) is 11.8 Å². The molecule has 1 aromatic heterocycles. The maximum atomic E-state index is 12.5. The van der Waals surface area contributed by atoms with Gasteiger partial charge in [-0.15, -0.1) is 12.4 Å². The Labute approximate surface area is 161 Å². The van der Waals surface area contributed by atoms with Crippen LogP contribution in [0.2, 0.25) is 0 Å². The number of rotatable bonds is 5. The van der Waals surface area contributed by atoms with Gasteiger partial charge < -0.3 is 15.6 Å². The number of amides is 1. The quantitative estimate of drug-likeness (QED) is 0.759. The van der Waals surface area contributed by atoms with Gasteiger partial charge >= 0.3 is 0 Å². The van der Waals surface area contributed by atoms with Crippen LogP contribution in [0.3, 0.4) is 0 Å². The van der Waals surface area contributed by atoms with Crippen LogP contribution < -0.4 is 11.1 Å². The smallest absolute Gasteiger partial charge is 0.249 e. The molecule has 0 bridgehead atoms. The van der Waals surface area contributed by atoms with Crippen molar-refractivity contribution in [2.75, 3.05) is 6.54 Å². The first kappa shape index (κ1) is 19.9. The van der Waals surface area contributed by atoms with E-state index >= 15 is 0 Å². The standard InChI is InChI=1S/C17H21BrN4O2.ClH/c1-10(20-16(23)14-4-2-3-12(14)9-19)17-21-15(22-24-17)11-5-7-13(18)8-6-11;/h5-8,10,12,14H,2-4,9,19H2,1H3,(H,20,23);1H/t10?,12-,14-;/m1./s1. The lowest BCUT2D eigenvalue weighted by Crippen LogP contribution is -2.36. The number of aromatic nitrogens is 2. The molecular weight excluding hydrogens is 408 g/mol. The summed E-state index contributed by atoms with van der Waals surface area (Å²) >= 11 is 3.40. The number of nitrogens with zero attached hydrogens (tertiary/aromatic N) is 2. The van der Waals surface area contributed by atoms with Crippen molar-refractivity contribution < 1.29 is 9.32 Å². The number of hydrogen-bond donors (Lipinski definition) is 2. The number of carbonyl (C=O) groups excluding carboxylic acids is 1. The minimum atomic E-state index is -0.326. The number of nitrogens with one attached hydrogen (secondary N) is 1. The summed E-state index contributed by atoms with van der Waals surface area (Å²) in [6.07, 6.45) is 2.98. The summed E-state index contributed by atoms with van der Waals surface area (Å²) in [5.74, 6) is 1.21. The highest BCUT2D eigenvalue weighted by atomic mass is 79.9. The van der Waals surface area contributed by atoms with Crippen molar-refractivity contribution in [1.82, 2.24) is 15.5 Å². The van der Waals surface area contributed by atoms with E-state index in [0.29, 0.717) is 18.3 Å². The van der Waals surface area contributed by atoms with Crippen LogP contribution in [-0.4, -0.2) is 22.6 Å². The third kappa shape index (κ3) is 4.59. The molecule has 3 rings (SSSR count). The van der Waals surface area contributed by atoms with Crippen molar-refractivity contribution in [3.63, 3.8) is 0 Å². The Morgan fingerprint density at radius 1 is 1.40 bits per heavy atom. The van der Waals surface area contributed by atoms with Crippen molar-refractivity contribution in [1.29, 1.82) is 0 Å². The Morgan fingerprint density at radius 2 is 2.12 bits per heavy atom. The zero-order valence-corrected chi connectivity index (χ0v) is 16.3. The summed E-state index contributed by atoms with van der Waals surface area (Å²) in [5.41, 5.74) is 6.62. The van der Waals surface area contributed by atoms with E-state index in [-0.39, 0.29) is 36.2 Å². The fourth-order valence-corrected chi connectivity index (χ4v) is 3.44. The molecule has 136 valence electrons. The van der Waals surface area contributed by atoms with Crippen molar-refractivity contribution in [2.45, 2.75) is 32.2 Å². The van der Waals surface area contributed by atoms with E-state index in [4.69, 9.17) is 10.3 Å². The number of hydrogen-bond acceptors (Lipinski definition) is 5. The van der Waals surface area contributed by atoms with Gasteiger partial charge in [-0.3, -0.25) is 4.79 Å². The second kappa shape index (κ2) is 8.78. The third-order valence-electron chi connectivity index (χ3n) is 4.57. The van der Waals surface area contributed by atoms with Crippen molar-refractivity contribution in [3.05, 3.63) is 34.6 Å². The van der Waals surface area contributed by atoms with Crippen LogP contribution >= 0.6 is 28.3 Å². The highest BCUT2D eigenvalue weighted by molar-refractivity contribution is 9.10. The maximum Gasteiger partial charge on any atom is 0.249 e. The molecule has 1 heterocycles. The molecule has 8 heteroatoms. The predicted molar refractivity (Wildman–Crippen MR) is 101 cm³/mol. The summed E-state index contributed by atoms with van der Waals surface area (Å²) in [6.45, 7) is 2.41. The van der Waals surface area contributed by atoms with Gasteiger partial charge in [-0.25, -0.2) is 0 Å². The summed E-state index contributed by atoms with van der Waals surface area (Å²) in [4.78, 5) is 16.8. The molecule has 3 atom stereocenters. The minimum Gasteiger partial charge on any atom is -0.344 e. The minimum absolute atomic E-state index is 0. The second-order valence-electron chi connectivity index (χ2n) is 6.23. The van der Waals surface area contributed by atoms with Gasteiger partial charge in [-0.05, 0) is 56.5 Å². The molecule has 1 unspecified atom stereocenters. The molecule has 0 saturated heterocycles. The number of carbonyl (C=O) groups is 1. The van der Waals surface area contributed by atoms with Crippen LogP contribution in [-0.2, 0) is 4.79 Å². The Hall–Kier alpha value is -1.44. The highest BCUT2D eigenvalue weighted by Crippen LogP contribution is 2.31. The molecule has 1 amide bonds. The molecule has 1 aliphatic rings. The molecule has 1 saturated carbocycles. The molecule has 0 radical (unpaired) electrons. The van der Waals surface area contributed by atoms with Gasteiger partial charge in [-0.2, -0.15) is 4.98 Å². The van der Waals surface area contributed by atoms with Gasteiger partial charge in [-0.1, -0.05) is 27.5 Å². The van der Waals surface area contributed by atoms with E-state index in [1.165, 1.54) is 0 Å². The molecule has 3 N–H and O–H groups in total. The Balaban J connectivity index is 0.00000225. The lowest BCUT2D eigenvalue weighted by Gasteiger charge is -2.19. The molecular formula is C17H22BrClN4O2. The van der Waals surface area contributed by atoms with Gasteiger partial charge in [0.25, 0.3) is 0 Å². The van der Waals surface area contributed by atoms with Crippen LogP contribution in [0.4, 0.5) is 0 Å². The SMILES string of the molecule is CC(NC(=O)[C@@H]1CCC[C@@H]1CN)c1nc(-c2ccc(Br)cc2)no1.Cl. The third-order valence-corrected chi connectivity index (χ3v) is 5.10. The normalized spacial score (nSPS) is 20.8. The van der Waals surface area contributed by atoms with Gasteiger partial charge in [0.05, 0.1) is 0 Å². The maximum absolute atomic E-state index is 12.5. The van der Waals surface area contributed by atoms with Crippen LogP contribution in [0.15, 0.2) is 33.3 Å². The topological polar surface area (TPSA) is 94.0 Å². The number of nitrogens with two attached hydrogens (primary N) is 1. The first-order valence-corrected chi connectivity index (χ1v) is 8.97. The fourth-order valence-electron chi connectivity index (χ4n) is 3.17. The van der Waals surface area contributed by atoms with E-state index in [9.17, 15) is 4.79 Å². The van der Waals surface area contributed by atoms with Crippen LogP contribution in [0.25, 0.3) is 11.4 Å². The number of benzene rings is 1. The Bertz CT molecular complexity index is 707. The van der Waals surface area contributed by atoms with Crippen molar-refractivity contribution in [3.8, 4) is 11.4 Å². The second-order valence-corrected chi connectivity index (χ2v) is 7.14. The summed E-state index contributed by atoms with van der Waals surface area (Å²) in [7, 11) is 0. The van der Waals surface area contributed by atoms with Gasteiger partial charge in [0.2, 0.25) is 17.6 Å². The summed E-state index contributed by atoms with van der Waals surface area (Å²) < 4.78 is 6.30. The average Bonchev–Trinajstić information content (AvgIpc) is 3.24.